The van der Waals surface area contributed by atoms with Gasteiger partial charge in [0.1, 0.15) is 0 Å². The lowest BCUT2D eigenvalue weighted by Gasteiger charge is -2.19. The second-order valence-electron chi connectivity index (χ2n) is 4.90. The molecule has 1 aliphatic rings. The minimum absolute atomic E-state index is 0.0837. The standard InChI is InChI=1S/C15H18N2O2/c1-17(15(18)9-14-6-3-7-19-14)11-13-5-2-4-12(8-13)10-16/h2,4-5,8,14H,3,6-7,9,11H2,1H3. The zero-order valence-electron chi connectivity index (χ0n) is 11.1. The summed E-state index contributed by atoms with van der Waals surface area (Å²) < 4.78 is 5.47. The van der Waals surface area contributed by atoms with Crippen LogP contribution in [0.4, 0.5) is 0 Å². The number of carbonyl (C=O) groups excluding carboxylic acids is 1. The fourth-order valence-corrected chi connectivity index (χ4v) is 2.26. The van der Waals surface area contributed by atoms with Gasteiger partial charge in [0.2, 0.25) is 5.91 Å². The average Bonchev–Trinajstić information content (AvgIpc) is 2.91. The number of rotatable bonds is 4. The van der Waals surface area contributed by atoms with Crippen LogP contribution in [0.25, 0.3) is 0 Å². The fourth-order valence-electron chi connectivity index (χ4n) is 2.26. The molecule has 1 unspecified atom stereocenters. The molecule has 1 aromatic carbocycles. The van der Waals surface area contributed by atoms with Crippen molar-refractivity contribution in [1.82, 2.24) is 4.90 Å². The Morgan fingerprint density at radius 1 is 1.58 bits per heavy atom. The van der Waals surface area contributed by atoms with Crippen LogP contribution in [0.15, 0.2) is 24.3 Å². The van der Waals surface area contributed by atoms with Gasteiger partial charge in [0.15, 0.2) is 0 Å². The van der Waals surface area contributed by atoms with Crippen LogP contribution in [0.1, 0.15) is 30.4 Å². The third kappa shape index (κ3) is 3.80. The van der Waals surface area contributed by atoms with Crippen molar-refractivity contribution >= 4 is 5.91 Å². The Balaban J connectivity index is 1.90. The van der Waals surface area contributed by atoms with Gasteiger partial charge < -0.3 is 9.64 Å². The Labute approximate surface area is 113 Å². The molecule has 1 aromatic rings. The Bertz CT molecular complexity index is 487. The molecule has 1 aliphatic heterocycles. The van der Waals surface area contributed by atoms with Crippen molar-refractivity contribution in [2.75, 3.05) is 13.7 Å². The van der Waals surface area contributed by atoms with Crippen LogP contribution >= 0.6 is 0 Å². The van der Waals surface area contributed by atoms with Crippen LogP contribution in [-0.2, 0) is 16.1 Å². The lowest BCUT2D eigenvalue weighted by atomic mass is 10.1. The lowest BCUT2D eigenvalue weighted by Crippen LogP contribution is -2.29. The molecular formula is C15H18N2O2. The predicted octanol–water partition coefficient (Wildman–Crippen LogP) is 2.09. The molecule has 1 saturated heterocycles. The van der Waals surface area contributed by atoms with Crippen molar-refractivity contribution < 1.29 is 9.53 Å². The van der Waals surface area contributed by atoms with E-state index < -0.39 is 0 Å². The minimum Gasteiger partial charge on any atom is -0.378 e. The van der Waals surface area contributed by atoms with E-state index in [2.05, 4.69) is 6.07 Å². The smallest absolute Gasteiger partial charge is 0.225 e. The normalized spacial score (nSPS) is 18.0. The van der Waals surface area contributed by atoms with Crippen LogP contribution in [0.3, 0.4) is 0 Å². The summed E-state index contributed by atoms with van der Waals surface area (Å²) in [5, 5.41) is 8.85. The molecule has 19 heavy (non-hydrogen) atoms. The summed E-state index contributed by atoms with van der Waals surface area (Å²) in [6, 6.07) is 9.45. The van der Waals surface area contributed by atoms with E-state index in [1.165, 1.54) is 0 Å². The van der Waals surface area contributed by atoms with Crippen molar-refractivity contribution in [2.24, 2.45) is 0 Å². The number of nitrogens with zero attached hydrogens (tertiary/aromatic N) is 2. The van der Waals surface area contributed by atoms with Gasteiger partial charge in [-0.1, -0.05) is 12.1 Å². The highest BCUT2D eigenvalue weighted by molar-refractivity contribution is 5.76. The molecule has 1 fully saturated rings. The van der Waals surface area contributed by atoms with E-state index in [0.29, 0.717) is 18.5 Å². The minimum atomic E-state index is 0.0837. The van der Waals surface area contributed by atoms with Crippen molar-refractivity contribution in [1.29, 1.82) is 5.26 Å². The van der Waals surface area contributed by atoms with Gasteiger partial charge in [0.05, 0.1) is 24.2 Å². The number of benzene rings is 1. The van der Waals surface area contributed by atoms with E-state index in [4.69, 9.17) is 10.00 Å². The highest BCUT2D eigenvalue weighted by Gasteiger charge is 2.21. The first-order chi connectivity index (χ1) is 9.19. The zero-order valence-corrected chi connectivity index (χ0v) is 11.1. The van der Waals surface area contributed by atoms with Crippen LogP contribution in [0.5, 0.6) is 0 Å². The fraction of sp³-hybridized carbons (Fsp3) is 0.467. The van der Waals surface area contributed by atoms with Gasteiger partial charge in [0.25, 0.3) is 0 Å². The van der Waals surface area contributed by atoms with E-state index in [0.717, 1.165) is 25.0 Å². The quantitative estimate of drug-likeness (QED) is 0.831. The molecule has 0 saturated carbocycles. The van der Waals surface area contributed by atoms with E-state index in [1.54, 1.807) is 18.0 Å². The summed E-state index contributed by atoms with van der Waals surface area (Å²) in [6.45, 7) is 1.30. The van der Waals surface area contributed by atoms with Gasteiger partial charge in [-0.25, -0.2) is 0 Å². The van der Waals surface area contributed by atoms with Gasteiger partial charge in [-0.3, -0.25) is 4.79 Å². The van der Waals surface area contributed by atoms with Crippen molar-refractivity contribution in [3.63, 3.8) is 0 Å². The van der Waals surface area contributed by atoms with Crippen molar-refractivity contribution in [3.8, 4) is 6.07 Å². The van der Waals surface area contributed by atoms with Crippen molar-refractivity contribution in [3.05, 3.63) is 35.4 Å². The van der Waals surface area contributed by atoms with E-state index in [1.807, 2.05) is 18.2 Å². The Morgan fingerprint density at radius 2 is 2.42 bits per heavy atom. The highest BCUT2D eigenvalue weighted by Crippen LogP contribution is 2.17. The molecule has 1 atom stereocenters. The molecule has 4 nitrogen and oxygen atoms in total. The summed E-state index contributed by atoms with van der Waals surface area (Å²) in [5.74, 6) is 0.0919. The third-order valence-electron chi connectivity index (χ3n) is 3.33. The third-order valence-corrected chi connectivity index (χ3v) is 3.33. The van der Waals surface area contributed by atoms with E-state index in [-0.39, 0.29) is 12.0 Å². The topological polar surface area (TPSA) is 53.3 Å². The number of carbonyl (C=O) groups is 1. The summed E-state index contributed by atoms with van der Waals surface area (Å²) in [6.07, 6.45) is 2.56. The van der Waals surface area contributed by atoms with Gasteiger partial charge >= 0.3 is 0 Å². The molecular weight excluding hydrogens is 240 g/mol. The monoisotopic (exact) mass is 258 g/mol. The van der Waals surface area contributed by atoms with E-state index in [9.17, 15) is 4.79 Å². The second kappa shape index (κ2) is 6.35. The molecule has 1 heterocycles. The SMILES string of the molecule is CN(Cc1cccc(C#N)c1)C(=O)CC1CCCO1. The predicted molar refractivity (Wildman–Crippen MR) is 71.2 cm³/mol. The highest BCUT2D eigenvalue weighted by atomic mass is 16.5. The second-order valence-corrected chi connectivity index (χ2v) is 4.90. The van der Waals surface area contributed by atoms with Crippen LogP contribution < -0.4 is 0 Å². The summed E-state index contributed by atoms with van der Waals surface area (Å²) in [5.41, 5.74) is 1.60. The maximum Gasteiger partial charge on any atom is 0.225 e. The van der Waals surface area contributed by atoms with Gasteiger partial charge in [0, 0.05) is 20.2 Å². The number of ether oxygens (including phenoxy) is 1. The molecule has 0 N–H and O–H groups in total. The molecule has 0 bridgehead atoms. The van der Waals surface area contributed by atoms with Gasteiger partial charge in [-0.05, 0) is 30.5 Å². The lowest BCUT2D eigenvalue weighted by molar-refractivity contribution is -0.132. The number of amides is 1. The molecule has 0 radical (unpaired) electrons. The molecule has 1 amide bonds. The van der Waals surface area contributed by atoms with Crippen molar-refractivity contribution in [2.45, 2.75) is 31.9 Å². The largest absolute Gasteiger partial charge is 0.378 e. The number of hydrogen-bond donors (Lipinski definition) is 0. The number of hydrogen-bond acceptors (Lipinski definition) is 3. The average molecular weight is 258 g/mol. The zero-order chi connectivity index (χ0) is 13.7. The molecule has 0 spiro atoms. The Morgan fingerprint density at radius 3 is 3.11 bits per heavy atom. The molecule has 0 aromatic heterocycles. The Kier molecular flexibility index (Phi) is 4.53. The summed E-state index contributed by atoms with van der Waals surface area (Å²) in [4.78, 5) is 13.7. The van der Waals surface area contributed by atoms with Gasteiger partial charge in [-0.2, -0.15) is 5.26 Å². The van der Waals surface area contributed by atoms with Crippen LogP contribution in [0, 0.1) is 11.3 Å². The van der Waals surface area contributed by atoms with Crippen LogP contribution in [-0.4, -0.2) is 30.6 Å². The summed E-state index contributed by atoms with van der Waals surface area (Å²) >= 11 is 0. The first kappa shape index (κ1) is 13.6. The van der Waals surface area contributed by atoms with E-state index >= 15 is 0 Å². The maximum absolute atomic E-state index is 12.0. The molecule has 2 rings (SSSR count). The summed E-state index contributed by atoms with van der Waals surface area (Å²) in [7, 11) is 1.79. The van der Waals surface area contributed by atoms with Crippen LogP contribution in [0.2, 0.25) is 0 Å². The number of nitriles is 1. The first-order valence-corrected chi connectivity index (χ1v) is 6.53. The van der Waals surface area contributed by atoms with Gasteiger partial charge in [-0.15, -0.1) is 0 Å². The molecule has 4 heteroatoms. The molecule has 100 valence electrons. The Hall–Kier alpha value is -1.86. The first-order valence-electron chi connectivity index (χ1n) is 6.53. The maximum atomic E-state index is 12.0. The molecule has 0 aliphatic carbocycles.